The van der Waals surface area contributed by atoms with Gasteiger partial charge in [-0.25, -0.2) is 4.98 Å². The number of pyridine rings is 1. The highest BCUT2D eigenvalue weighted by molar-refractivity contribution is 9.10. The van der Waals surface area contributed by atoms with Crippen LogP contribution in [0.2, 0.25) is 0 Å². The van der Waals surface area contributed by atoms with Gasteiger partial charge in [-0.15, -0.1) is 0 Å². The van der Waals surface area contributed by atoms with Crippen molar-refractivity contribution >= 4 is 27.1 Å². The van der Waals surface area contributed by atoms with E-state index in [0.717, 1.165) is 27.2 Å². The van der Waals surface area contributed by atoms with Gasteiger partial charge < -0.3 is 5.73 Å². The molecule has 3 aromatic rings. The van der Waals surface area contributed by atoms with Gasteiger partial charge in [0.25, 0.3) is 0 Å². The Morgan fingerprint density at radius 3 is 2.50 bits per heavy atom. The van der Waals surface area contributed by atoms with E-state index in [1.807, 2.05) is 22.7 Å². The Morgan fingerprint density at radius 1 is 1.15 bits per heavy atom. The molecule has 0 atom stereocenters. The number of halogens is 1. The van der Waals surface area contributed by atoms with E-state index in [9.17, 15) is 0 Å². The molecule has 4 heteroatoms. The molecule has 2 heterocycles. The van der Waals surface area contributed by atoms with Crippen LogP contribution in [0.5, 0.6) is 0 Å². The highest BCUT2D eigenvalue weighted by Crippen LogP contribution is 2.28. The van der Waals surface area contributed by atoms with Crippen LogP contribution in [0.3, 0.4) is 0 Å². The molecule has 3 rings (SSSR count). The summed E-state index contributed by atoms with van der Waals surface area (Å²) in [5, 5.41) is 0. The van der Waals surface area contributed by atoms with Crippen LogP contribution >= 0.6 is 15.9 Å². The van der Waals surface area contributed by atoms with Gasteiger partial charge in [0, 0.05) is 17.4 Å². The number of aromatic nitrogens is 2. The number of nitrogens with two attached hydrogens (primary N) is 1. The number of hydrogen-bond donors (Lipinski definition) is 1. The van der Waals surface area contributed by atoms with E-state index in [-0.39, 0.29) is 0 Å². The Hall–Kier alpha value is -1.81. The van der Waals surface area contributed by atoms with Crippen LogP contribution < -0.4 is 5.73 Å². The van der Waals surface area contributed by atoms with Gasteiger partial charge in [0.2, 0.25) is 0 Å². The fraction of sp³-hybridized carbons (Fsp3) is 0.188. The van der Waals surface area contributed by atoms with Crippen molar-refractivity contribution in [1.82, 2.24) is 9.38 Å². The number of fused-ring (bicyclic) bond motifs is 1. The first kappa shape index (κ1) is 13.2. The summed E-state index contributed by atoms with van der Waals surface area (Å²) in [4.78, 5) is 4.60. The number of benzene rings is 1. The van der Waals surface area contributed by atoms with Crippen molar-refractivity contribution in [2.75, 3.05) is 5.73 Å². The summed E-state index contributed by atoms with van der Waals surface area (Å²) < 4.78 is 2.86. The second-order valence-electron chi connectivity index (χ2n) is 5.22. The van der Waals surface area contributed by atoms with Gasteiger partial charge in [-0.05, 0) is 39.5 Å². The van der Waals surface area contributed by atoms with Gasteiger partial charge in [-0.1, -0.05) is 38.1 Å². The molecule has 0 fully saturated rings. The first-order valence-electron chi connectivity index (χ1n) is 6.59. The average molecular weight is 330 g/mol. The normalized spacial score (nSPS) is 11.4. The molecule has 0 spiro atoms. The summed E-state index contributed by atoms with van der Waals surface area (Å²) in [6, 6.07) is 12.4. The van der Waals surface area contributed by atoms with Gasteiger partial charge in [0.15, 0.2) is 0 Å². The van der Waals surface area contributed by atoms with Crippen LogP contribution in [-0.4, -0.2) is 9.38 Å². The van der Waals surface area contributed by atoms with E-state index in [0.29, 0.717) is 5.92 Å². The highest BCUT2D eigenvalue weighted by Gasteiger charge is 2.11. The van der Waals surface area contributed by atoms with E-state index in [2.05, 4.69) is 59.0 Å². The fourth-order valence-electron chi connectivity index (χ4n) is 2.28. The minimum atomic E-state index is 0.535. The van der Waals surface area contributed by atoms with Crippen molar-refractivity contribution < 1.29 is 0 Å². The highest BCUT2D eigenvalue weighted by atomic mass is 79.9. The maximum Gasteiger partial charge on any atom is 0.145 e. The summed E-state index contributed by atoms with van der Waals surface area (Å²) in [7, 11) is 0. The Morgan fingerprint density at radius 2 is 1.85 bits per heavy atom. The quantitative estimate of drug-likeness (QED) is 0.753. The standard InChI is InChI=1S/C16H16BrN3/c1-10(2)11-3-5-12(6-4-11)16-19-15(17)14-9-13(18)7-8-20(14)16/h3-10H,18H2,1-2H3. The number of hydrogen-bond acceptors (Lipinski definition) is 2. The molecule has 0 saturated heterocycles. The maximum absolute atomic E-state index is 5.83. The fourth-order valence-corrected chi connectivity index (χ4v) is 2.76. The van der Waals surface area contributed by atoms with Crippen LogP contribution in [0.25, 0.3) is 16.9 Å². The molecule has 0 amide bonds. The smallest absolute Gasteiger partial charge is 0.145 e. The third-order valence-electron chi connectivity index (χ3n) is 3.46. The molecular weight excluding hydrogens is 314 g/mol. The number of imidazole rings is 1. The second-order valence-corrected chi connectivity index (χ2v) is 5.97. The molecule has 2 aromatic heterocycles. The van der Waals surface area contributed by atoms with Gasteiger partial charge in [-0.3, -0.25) is 4.40 Å². The zero-order chi connectivity index (χ0) is 14.3. The predicted molar refractivity (Wildman–Crippen MR) is 86.8 cm³/mol. The molecule has 1 aromatic carbocycles. The zero-order valence-corrected chi connectivity index (χ0v) is 13.1. The van der Waals surface area contributed by atoms with E-state index >= 15 is 0 Å². The lowest BCUT2D eigenvalue weighted by atomic mass is 10.0. The SMILES string of the molecule is CC(C)c1ccc(-c2nc(Br)c3cc(N)ccn23)cc1. The molecule has 0 unspecified atom stereocenters. The molecule has 20 heavy (non-hydrogen) atoms. The molecule has 3 nitrogen and oxygen atoms in total. The number of nitrogens with zero attached hydrogens (tertiary/aromatic N) is 2. The zero-order valence-electron chi connectivity index (χ0n) is 11.5. The van der Waals surface area contributed by atoms with Gasteiger partial charge in [-0.2, -0.15) is 0 Å². The average Bonchev–Trinajstić information content (AvgIpc) is 2.76. The van der Waals surface area contributed by atoms with Crippen molar-refractivity contribution in [2.45, 2.75) is 19.8 Å². The minimum Gasteiger partial charge on any atom is -0.399 e. The Labute approximate surface area is 126 Å². The van der Waals surface area contributed by atoms with E-state index in [1.54, 1.807) is 0 Å². The first-order valence-corrected chi connectivity index (χ1v) is 7.39. The monoisotopic (exact) mass is 329 g/mol. The van der Waals surface area contributed by atoms with E-state index in [1.165, 1.54) is 5.56 Å². The van der Waals surface area contributed by atoms with Crippen LogP contribution in [0.15, 0.2) is 47.2 Å². The lowest BCUT2D eigenvalue weighted by molar-refractivity contribution is 0.867. The Kier molecular flexibility index (Phi) is 3.26. The Bertz CT molecular complexity index is 757. The van der Waals surface area contributed by atoms with Crippen molar-refractivity contribution in [3.05, 3.63) is 52.8 Å². The third kappa shape index (κ3) is 2.20. The largest absolute Gasteiger partial charge is 0.399 e. The summed E-state index contributed by atoms with van der Waals surface area (Å²) in [5.74, 6) is 1.45. The molecule has 0 aliphatic heterocycles. The van der Waals surface area contributed by atoms with E-state index in [4.69, 9.17) is 5.73 Å². The number of rotatable bonds is 2. The van der Waals surface area contributed by atoms with Gasteiger partial charge >= 0.3 is 0 Å². The first-order chi connectivity index (χ1) is 9.56. The maximum atomic E-state index is 5.83. The lowest BCUT2D eigenvalue weighted by Crippen LogP contribution is -1.92. The molecule has 2 N–H and O–H groups in total. The van der Waals surface area contributed by atoms with Gasteiger partial charge in [0.1, 0.15) is 10.4 Å². The van der Waals surface area contributed by atoms with Crippen molar-refractivity contribution in [2.24, 2.45) is 0 Å². The molecule has 0 radical (unpaired) electrons. The summed E-state index contributed by atoms with van der Waals surface area (Å²) in [6.45, 7) is 4.39. The molecule has 102 valence electrons. The molecule has 0 bridgehead atoms. The molecule has 0 saturated carbocycles. The van der Waals surface area contributed by atoms with E-state index < -0.39 is 0 Å². The van der Waals surface area contributed by atoms with Crippen molar-refractivity contribution in [3.8, 4) is 11.4 Å². The molecular formula is C16H16BrN3. The van der Waals surface area contributed by atoms with Gasteiger partial charge in [0.05, 0.1) is 5.52 Å². The Balaban J connectivity index is 2.14. The molecule has 0 aliphatic carbocycles. The summed E-state index contributed by atoms with van der Waals surface area (Å²) >= 11 is 3.50. The van der Waals surface area contributed by atoms with Crippen LogP contribution in [-0.2, 0) is 0 Å². The van der Waals surface area contributed by atoms with Crippen molar-refractivity contribution in [3.63, 3.8) is 0 Å². The van der Waals surface area contributed by atoms with Crippen molar-refractivity contribution in [1.29, 1.82) is 0 Å². The minimum absolute atomic E-state index is 0.535. The third-order valence-corrected chi connectivity index (χ3v) is 4.04. The number of nitrogen functional groups attached to an aromatic ring is 1. The predicted octanol–water partition coefficient (Wildman–Crippen LogP) is 4.47. The number of anilines is 1. The van der Waals surface area contributed by atoms with Crippen LogP contribution in [0.4, 0.5) is 5.69 Å². The van der Waals surface area contributed by atoms with Crippen LogP contribution in [0.1, 0.15) is 25.3 Å². The topological polar surface area (TPSA) is 43.3 Å². The summed E-state index contributed by atoms with van der Waals surface area (Å²) in [6.07, 6.45) is 1.95. The molecule has 0 aliphatic rings. The lowest BCUT2D eigenvalue weighted by Gasteiger charge is -2.06. The second kappa shape index (κ2) is 4.94. The summed E-state index contributed by atoms with van der Waals surface area (Å²) in [5.41, 5.74) is 9.98. The van der Waals surface area contributed by atoms with Crippen LogP contribution in [0, 0.1) is 0 Å².